The molecule has 0 saturated heterocycles. The molecule has 0 aromatic heterocycles. The zero-order valence-corrected chi connectivity index (χ0v) is 12.1. The standard InChI is InChI=1S/C16H24N2O2/c1-2-14(11-13-7-4-3-5-8-13)18-15(19)17-12-16(20)9-6-10-16/h3-5,7-8,14,20H,2,6,9-12H2,1H3,(H2,17,18,19). The van der Waals surface area contributed by atoms with Crippen molar-refractivity contribution in [3.8, 4) is 0 Å². The van der Waals surface area contributed by atoms with E-state index in [9.17, 15) is 9.90 Å². The SMILES string of the molecule is CCC(Cc1ccccc1)NC(=O)NCC1(O)CCC1. The first-order valence-corrected chi connectivity index (χ1v) is 7.42. The number of aliphatic hydroxyl groups is 1. The summed E-state index contributed by atoms with van der Waals surface area (Å²) in [6.45, 7) is 2.41. The second-order valence-corrected chi connectivity index (χ2v) is 5.70. The summed E-state index contributed by atoms with van der Waals surface area (Å²) in [5.41, 5.74) is 0.552. The molecule has 1 saturated carbocycles. The lowest BCUT2D eigenvalue weighted by Crippen LogP contribution is -2.51. The molecule has 20 heavy (non-hydrogen) atoms. The Balaban J connectivity index is 1.76. The highest BCUT2D eigenvalue weighted by molar-refractivity contribution is 5.74. The van der Waals surface area contributed by atoms with Gasteiger partial charge in [-0.25, -0.2) is 4.79 Å². The molecule has 4 nitrogen and oxygen atoms in total. The van der Waals surface area contributed by atoms with Crippen molar-refractivity contribution in [1.29, 1.82) is 0 Å². The maximum absolute atomic E-state index is 11.9. The van der Waals surface area contributed by atoms with E-state index in [1.54, 1.807) is 0 Å². The van der Waals surface area contributed by atoms with Crippen LogP contribution >= 0.6 is 0 Å². The first kappa shape index (κ1) is 14.9. The van der Waals surface area contributed by atoms with Crippen LogP contribution in [-0.2, 0) is 6.42 Å². The largest absolute Gasteiger partial charge is 0.388 e. The lowest BCUT2D eigenvalue weighted by molar-refractivity contribution is -0.0290. The molecule has 1 atom stereocenters. The van der Waals surface area contributed by atoms with E-state index in [1.807, 2.05) is 18.2 Å². The van der Waals surface area contributed by atoms with Crippen LogP contribution in [0.5, 0.6) is 0 Å². The second-order valence-electron chi connectivity index (χ2n) is 5.70. The van der Waals surface area contributed by atoms with E-state index in [4.69, 9.17) is 0 Å². The van der Waals surface area contributed by atoms with Crippen LogP contribution in [0.1, 0.15) is 38.2 Å². The average Bonchev–Trinajstić information content (AvgIpc) is 2.43. The van der Waals surface area contributed by atoms with Gasteiger partial charge in [0.05, 0.1) is 5.60 Å². The van der Waals surface area contributed by atoms with Crippen LogP contribution in [0.3, 0.4) is 0 Å². The summed E-state index contributed by atoms with van der Waals surface area (Å²) in [6, 6.07) is 10.1. The molecule has 1 fully saturated rings. The maximum Gasteiger partial charge on any atom is 0.315 e. The van der Waals surface area contributed by atoms with Gasteiger partial charge in [0.2, 0.25) is 0 Å². The summed E-state index contributed by atoms with van der Waals surface area (Å²) in [5, 5.41) is 15.7. The predicted octanol–water partition coefficient (Wildman–Crippen LogP) is 2.22. The fraction of sp³-hybridized carbons (Fsp3) is 0.562. The lowest BCUT2D eigenvalue weighted by Gasteiger charge is -2.36. The van der Waals surface area contributed by atoms with Crippen molar-refractivity contribution in [2.45, 2.75) is 50.7 Å². The van der Waals surface area contributed by atoms with Crippen LogP contribution in [0.2, 0.25) is 0 Å². The molecule has 0 spiro atoms. The molecule has 1 unspecified atom stereocenters. The van der Waals surface area contributed by atoms with E-state index < -0.39 is 5.60 Å². The first-order valence-electron chi connectivity index (χ1n) is 7.42. The average molecular weight is 276 g/mol. The molecule has 0 heterocycles. The number of nitrogens with one attached hydrogen (secondary N) is 2. The number of hydrogen-bond donors (Lipinski definition) is 3. The van der Waals surface area contributed by atoms with Crippen molar-refractivity contribution in [1.82, 2.24) is 10.6 Å². The summed E-state index contributed by atoms with van der Waals surface area (Å²) in [6.07, 6.45) is 4.33. The summed E-state index contributed by atoms with van der Waals surface area (Å²) in [7, 11) is 0. The molecule has 1 aromatic rings. The van der Waals surface area contributed by atoms with Crippen molar-refractivity contribution in [2.24, 2.45) is 0 Å². The van der Waals surface area contributed by atoms with Crippen LogP contribution in [0, 0.1) is 0 Å². The van der Waals surface area contributed by atoms with E-state index in [2.05, 4.69) is 29.7 Å². The molecule has 0 aliphatic heterocycles. The molecule has 4 heteroatoms. The highest BCUT2D eigenvalue weighted by atomic mass is 16.3. The van der Waals surface area contributed by atoms with Crippen molar-refractivity contribution in [3.63, 3.8) is 0 Å². The highest BCUT2D eigenvalue weighted by Crippen LogP contribution is 2.30. The maximum atomic E-state index is 11.9. The van der Waals surface area contributed by atoms with Gasteiger partial charge in [-0.1, -0.05) is 37.3 Å². The van der Waals surface area contributed by atoms with Crippen LogP contribution in [0.4, 0.5) is 4.79 Å². The topological polar surface area (TPSA) is 61.4 Å². The monoisotopic (exact) mass is 276 g/mol. The van der Waals surface area contributed by atoms with Crippen LogP contribution in [0.15, 0.2) is 30.3 Å². The van der Waals surface area contributed by atoms with Crippen LogP contribution in [-0.4, -0.2) is 29.3 Å². The van der Waals surface area contributed by atoms with E-state index in [0.29, 0.717) is 6.54 Å². The molecule has 1 aromatic carbocycles. The number of amides is 2. The molecule has 0 bridgehead atoms. The van der Waals surface area contributed by atoms with Gasteiger partial charge in [-0.05, 0) is 37.7 Å². The number of rotatable bonds is 6. The van der Waals surface area contributed by atoms with Crippen molar-refractivity contribution in [3.05, 3.63) is 35.9 Å². The van der Waals surface area contributed by atoms with Gasteiger partial charge in [-0.3, -0.25) is 0 Å². The summed E-state index contributed by atoms with van der Waals surface area (Å²) in [5.74, 6) is 0. The Hall–Kier alpha value is -1.55. The summed E-state index contributed by atoms with van der Waals surface area (Å²) < 4.78 is 0. The van der Waals surface area contributed by atoms with E-state index >= 15 is 0 Å². The van der Waals surface area contributed by atoms with Gasteiger partial charge < -0.3 is 15.7 Å². The van der Waals surface area contributed by atoms with Gasteiger partial charge in [-0.15, -0.1) is 0 Å². The fourth-order valence-corrected chi connectivity index (χ4v) is 2.44. The highest BCUT2D eigenvalue weighted by Gasteiger charge is 2.34. The molecular formula is C16H24N2O2. The summed E-state index contributed by atoms with van der Waals surface area (Å²) >= 11 is 0. The van der Waals surface area contributed by atoms with Crippen LogP contribution in [0.25, 0.3) is 0 Å². The molecule has 3 N–H and O–H groups in total. The normalized spacial score (nSPS) is 17.9. The zero-order valence-electron chi connectivity index (χ0n) is 12.1. The Morgan fingerprint density at radius 3 is 2.60 bits per heavy atom. The molecule has 110 valence electrons. The van der Waals surface area contributed by atoms with E-state index in [0.717, 1.165) is 32.1 Å². The van der Waals surface area contributed by atoms with Gasteiger partial charge >= 0.3 is 6.03 Å². The Labute approximate surface area is 120 Å². The molecule has 2 amide bonds. The third-order valence-corrected chi connectivity index (χ3v) is 4.02. The third-order valence-electron chi connectivity index (χ3n) is 4.02. The van der Waals surface area contributed by atoms with E-state index in [1.165, 1.54) is 5.56 Å². The molecular weight excluding hydrogens is 252 g/mol. The minimum Gasteiger partial charge on any atom is -0.388 e. The molecule has 1 aliphatic carbocycles. The smallest absolute Gasteiger partial charge is 0.315 e. The minimum absolute atomic E-state index is 0.119. The quantitative estimate of drug-likeness (QED) is 0.746. The van der Waals surface area contributed by atoms with Gasteiger partial charge in [0, 0.05) is 12.6 Å². The minimum atomic E-state index is -0.668. The second kappa shape index (κ2) is 6.75. The lowest BCUT2D eigenvalue weighted by atomic mass is 9.80. The van der Waals surface area contributed by atoms with Crippen molar-refractivity contribution < 1.29 is 9.90 Å². The Morgan fingerprint density at radius 1 is 1.35 bits per heavy atom. The van der Waals surface area contributed by atoms with Gasteiger partial charge in [0.1, 0.15) is 0 Å². The number of benzene rings is 1. The van der Waals surface area contributed by atoms with Gasteiger partial charge in [-0.2, -0.15) is 0 Å². The molecule has 2 rings (SSSR count). The van der Waals surface area contributed by atoms with E-state index in [-0.39, 0.29) is 12.1 Å². The van der Waals surface area contributed by atoms with Crippen LogP contribution < -0.4 is 10.6 Å². The molecule has 0 radical (unpaired) electrons. The van der Waals surface area contributed by atoms with Crippen molar-refractivity contribution >= 4 is 6.03 Å². The van der Waals surface area contributed by atoms with Crippen molar-refractivity contribution in [2.75, 3.05) is 6.54 Å². The predicted molar refractivity (Wildman–Crippen MR) is 79.6 cm³/mol. The summed E-state index contributed by atoms with van der Waals surface area (Å²) in [4.78, 5) is 11.9. The number of hydrogen-bond acceptors (Lipinski definition) is 2. The Bertz CT molecular complexity index is 429. The number of carbonyl (C=O) groups is 1. The third kappa shape index (κ3) is 4.23. The first-order chi connectivity index (χ1) is 9.61. The van der Waals surface area contributed by atoms with Gasteiger partial charge in [0.15, 0.2) is 0 Å². The zero-order chi connectivity index (χ0) is 14.4. The number of urea groups is 1. The fourth-order valence-electron chi connectivity index (χ4n) is 2.44. The molecule has 1 aliphatic rings. The Kier molecular flexibility index (Phi) is 5.01. The number of carbonyl (C=O) groups excluding carboxylic acids is 1. The van der Waals surface area contributed by atoms with Gasteiger partial charge in [0.25, 0.3) is 0 Å². The Morgan fingerprint density at radius 2 is 2.05 bits per heavy atom.